The molecule has 0 bridgehead atoms. The summed E-state index contributed by atoms with van der Waals surface area (Å²) in [4.78, 5) is 20.9. The number of halogens is 1. The Morgan fingerprint density at radius 3 is 2.57 bits per heavy atom. The number of carbonyl (C=O) groups excluding carboxylic acids is 1. The monoisotopic (exact) mass is 516 g/mol. The number of aromatic nitrogens is 2. The van der Waals surface area contributed by atoms with Gasteiger partial charge in [-0.1, -0.05) is 35.5 Å². The summed E-state index contributed by atoms with van der Waals surface area (Å²) < 4.78 is 18.5. The Morgan fingerprint density at radius 2 is 1.84 bits per heavy atom. The largest absolute Gasteiger partial charge is 0.338 e. The first kappa shape index (κ1) is 25.2. The number of benzene rings is 3. The predicted octanol–water partition coefficient (Wildman–Crippen LogP) is 6.33. The summed E-state index contributed by atoms with van der Waals surface area (Å²) in [5.74, 6) is 1.60. The van der Waals surface area contributed by atoms with E-state index in [0.717, 1.165) is 42.9 Å². The predicted molar refractivity (Wildman–Crippen MR) is 144 cm³/mol. The van der Waals surface area contributed by atoms with E-state index in [9.17, 15) is 9.18 Å². The average molecular weight is 517 g/mol. The SMILES string of the molecule is Cc1cc(CSc2ccccc2)ccc1NC(=O)C1CCN(Cc2nc(-c3ccc(F)cc3)no2)CC1. The normalized spacial score (nSPS) is 14.5. The van der Waals surface area contributed by atoms with Gasteiger partial charge in [-0.3, -0.25) is 9.69 Å². The Bertz CT molecular complexity index is 1340. The highest BCUT2D eigenvalue weighted by molar-refractivity contribution is 7.98. The molecule has 2 heterocycles. The third-order valence-electron chi connectivity index (χ3n) is 6.59. The van der Waals surface area contributed by atoms with Crippen molar-refractivity contribution in [3.63, 3.8) is 0 Å². The fourth-order valence-electron chi connectivity index (χ4n) is 4.45. The number of nitrogens with zero attached hydrogens (tertiary/aromatic N) is 3. The van der Waals surface area contributed by atoms with Crippen molar-refractivity contribution < 1.29 is 13.7 Å². The molecule has 3 aromatic carbocycles. The van der Waals surface area contributed by atoms with E-state index in [1.165, 1.54) is 22.6 Å². The molecular weight excluding hydrogens is 487 g/mol. The zero-order valence-corrected chi connectivity index (χ0v) is 21.5. The van der Waals surface area contributed by atoms with Gasteiger partial charge in [0.2, 0.25) is 17.6 Å². The Balaban J connectivity index is 1.09. The molecular formula is C29H29FN4O2S. The Hall–Kier alpha value is -3.49. The summed E-state index contributed by atoms with van der Waals surface area (Å²) in [6.07, 6.45) is 1.55. The second kappa shape index (κ2) is 11.7. The first-order valence-corrected chi connectivity index (χ1v) is 13.4. The lowest BCUT2D eigenvalue weighted by Crippen LogP contribution is -2.37. The van der Waals surface area contributed by atoms with Crippen molar-refractivity contribution >= 4 is 23.4 Å². The summed E-state index contributed by atoms with van der Waals surface area (Å²) in [7, 11) is 0. The van der Waals surface area contributed by atoms with Crippen LogP contribution in [0, 0.1) is 18.7 Å². The minimum Gasteiger partial charge on any atom is -0.338 e. The number of thioether (sulfide) groups is 1. The van der Waals surface area contributed by atoms with E-state index >= 15 is 0 Å². The van der Waals surface area contributed by atoms with Gasteiger partial charge in [-0.05, 0) is 86.4 Å². The summed E-state index contributed by atoms with van der Waals surface area (Å²) in [6.45, 7) is 4.13. The highest BCUT2D eigenvalue weighted by atomic mass is 32.2. The molecule has 0 radical (unpaired) electrons. The van der Waals surface area contributed by atoms with Crippen LogP contribution in [0.4, 0.5) is 10.1 Å². The second-order valence-electron chi connectivity index (χ2n) is 9.31. The van der Waals surface area contributed by atoms with Crippen LogP contribution in [0.25, 0.3) is 11.4 Å². The third-order valence-corrected chi connectivity index (χ3v) is 7.67. The maximum Gasteiger partial charge on any atom is 0.241 e. The summed E-state index contributed by atoms with van der Waals surface area (Å²) in [6, 6.07) is 22.6. The summed E-state index contributed by atoms with van der Waals surface area (Å²) in [5, 5.41) is 7.15. The fourth-order valence-corrected chi connectivity index (χ4v) is 5.32. The Labute approximate surface area is 220 Å². The van der Waals surface area contributed by atoms with Gasteiger partial charge >= 0.3 is 0 Å². The lowest BCUT2D eigenvalue weighted by molar-refractivity contribution is -0.121. The van der Waals surface area contributed by atoms with Crippen molar-refractivity contribution in [2.24, 2.45) is 5.92 Å². The molecule has 190 valence electrons. The van der Waals surface area contributed by atoms with E-state index < -0.39 is 0 Å². The maximum atomic E-state index is 13.1. The van der Waals surface area contributed by atoms with Crippen LogP contribution in [-0.2, 0) is 17.1 Å². The van der Waals surface area contributed by atoms with Gasteiger partial charge in [-0.2, -0.15) is 4.98 Å². The Kier molecular flexibility index (Phi) is 7.96. The smallest absolute Gasteiger partial charge is 0.241 e. The number of carbonyl (C=O) groups is 1. The molecule has 0 atom stereocenters. The second-order valence-corrected chi connectivity index (χ2v) is 10.4. The van der Waals surface area contributed by atoms with Crippen LogP contribution in [0.15, 0.2) is 82.2 Å². The van der Waals surface area contributed by atoms with Crippen molar-refractivity contribution in [2.75, 3.05) is 18.4 Å². The van der Waals surface area contributed by atoms with Crippen LogP contribution in [-0.4, -0.2) is 34.0 Å². The molecule has 0 spiro atoms. The van der Waals surface area contributed by atoms with Gasteiger partial charge in [-0.25, -0.2) is 4.39 Å². The fraction of sp³-hybridized carbons (Fsp3) is 0.276. The molecule has 37 heavy (non-hydrogen) atoms. The quantitative estimate of drug-likeness (QED) is 0.276. The number of anilines is 1. The zero-order chi connectivity index (χ0) is 25.6. The van der Waals surface area contributed by atoms with Gasteiger partial charge in [-0.15, -0.1) is 11.8 Å². The number of piperidine rings is 1. The van der Waals surface area contributed by atoms with Crippen LogP contribution < -0.4 is 5.32 Å². The van der Waals surface area contributed by atoms with E-state index in [1.54, 1.807) is 23.9 Å². The minimum atomic E-state index is -0.301. The molecule has 1 amide bonds. The van der Waals surface area contributed by atoms with Crippen molar-refractivity contribution in [1.82, 2.24) is 15.0 Å². The third kappa shape index (κ3) is 6.64. The molecule has 1 aliphatic heterocycles. The molecule has 1 N–H and O–H groups in total. The Morgan fingerprint density at radius 1 is 1.08 bits per heavy atom. The molecule has 5 rings (SSSR count). The summed E-state index contributed by atoms with van der Waals surface area (Å²) in [5.41, 5.74) is 3.90. The standard InChI is InChI=1S/C29H29FN4O2S/c1-20-17-21(19-37-25-5-3-2-4-6-25)7-12-26(20)31-29(35)23-13-15-34(16-14-23)18-27-32-28(33-36-27)22-8-10-24(30)11-9-22/h2-12,17,23H,13-16,18-19H2,1H3,(H,31,35). The molecule has 0 aliphatic carbocycles. The van der Waals surface area contributed by atoms with Crippen LogP contribution >= 0.6 is 11.8 Å². The lowest BCUT2D eigenvalue weighted by atomic mass is 9.95. The van der Waals surface area contributed by atoms with Gasteiger partial charge < -0.3 is 9.84 Å². The van der Waals surface area contributed by atoms with E-state index in [2.05, 4.69) is 44.6 Å². The molecule has 4 aromatic rings. The lowest BCUT2D eigenvalue weighted by Gasteiger charge is -2.30. The number of hydrogen-bond acceptors (Lipinski definition) is 6. The van der Waals surface area contributed by atoms with E-state index in [-0.39, 0.29) is 17.6 Å². The van der Waals surface area contributed by atoms with Crippen molar-refractivity contribution in [3.05, 3.63) is 95.6 Å². The zero-order valence-electron chi connectivity index (χ0n) is 20.7. The minimum absolute atomic E-state index is 0.0265. The van der Waals surface area contributed by atoms with Crippen LogP contribution in [0.3, 0.4) is 0 Å². The molecule has 1 fully saturated rings. The topological polar surface area (TPSA) is 71.3 Å². The number of nitrogens with one attached hydrogen (secondary N) is 1. The molecule has 1 aliphatic rings. The number of hydrogen-bond donors (Lipinski definition) is 1. The first-order valence-electron chi connectivity index (χ1n) is 12.4. The molecule has 6 nitrogen and oxygen atoms in total. The maximum absolute atomic E-state index is 13.1. The molecule has 1 saturated heterocycles. The van der Waals surface area contributed by atoms with Gasteiger partial charge in [0, 0.05) is 27.8 Å². The van der Waals surface area contributed by atoms with E-state index in [4.69, 9.17) is 4.52 Å². The average Bonchev–Trinajstić information content (AvgIpc) is 3.38. The van der Waals surface area contributed by atoms with Crippen molar-refractivity contribution in [3.8, 4) is 11.4 Å². The summed E-state index contributed by atoms with van der Waals surface area (Å²) >= 11 is 1.81. The van der Waals surface area contributed by atoms with Gasteiger partial charge in [0.05, 0.1) is 6.54 Å². The molecule has 0 saturated carbocycles. The number of aryl methyl sites for hydroxylation is 1. The number of rotatable bonds is 8. The molecule has 0 unspecified atom stereocenters. The first-order chi connectivity index (χ1) is 18.0. The van der Waals surface area contributed by atoms with Crippen molar-refractivity contribution in [2.45, 2.75) is 37.0 Å². The molecule has 8 heteroatoms. The molecule has 1 aromatic heterocycles. The van der Waals surface area contributed by atoms with Gasteiger partial charge in [0.1, 0.15) is 5.82 Å². The van der Waals surface area contributed by atoms with Crippen LogP contribution in [0.2, 0.25) is 0 Å². The highest BCUT2D eigenvalue weighted by Gasteiger charge is 2.26. The van der Waals surface area contributed by atoms with E-state index in [1.807, 2.05) is 31.2 Å². The van der Waals surface area contributed by atoms with Crippen molar-refractivity contribution in [1.29, 1.82) is 0 Å². The van der Waals surface area contributed by atoms with Crippen LogP contribution in [0.1, 0.15) is 29.9 Å². The highest BCUT2D eigenvalue weighted by Crippen LogP contribution is 2.26. The van der Waals surface area contributed by atoms with Crippen LogP contribution in [0.5, 0.6) is 0 Å². The van der Waals surface area contributed by atoms with Gasteiger partial charge in [0.15, 0.2) is 0 Å². The van der Waals surface area contributed by atoms with E-state index in [0.29, 0.717) is 23.8 Å². The number of amides is 1. The van der Waals surface area contributed by atoms with Gasteiger partial charge in [0.25, 0.3) is 0 Å². The number of likely N-dealkylation sites (tertiary alicyclic amines) is 1.